The molecular weight excluding hydrogens is 321 g/mol. The Labute approximate surface area is 138 Å². The Bertz CT molecular complexity index is 621. The number of pyridine rings is 1. The highest BCUT2D eigenvalue weighted by Gasteiger charge is 2.14. The van der Waals surface area contributed by atoms with E-state index in [0.717, 1.165) is 6.20 Å². The van der Waals surface area contributed by atoms with Gasteiger partial charge in [0.1, 0.15) is 11.6 Å². The Balaban J connectivity index is 1.93. The molecular formula is C17H19F3N2O2. The highest BCUT2D eigenvalue weighted by molar-refractivity contribution is 5.28. The summed E-state index contributed by atoms with van der Waals surface area (Å²) in [6.45, 7) is -0.686. The molecule has 0 spiro atoms. The third kappa shape index (κ3) is 5.21. The normalized spacial score (nSPS) is 13.8. The van der Waals surface area contributed by atoms with Gasteiger partial charge in [0.25, 0.3) is 0 Å². The molecule has 0 aliphatic heterocycles. The number of rotatable bonds is 8. The molecule has 0 aliphatic carbocycles. The number of halogens is 3. The Morgan fingerprint density at radius 1 is 1.17 bits per heavy atom. The molecule has 7 heteroatoms. The number of ether oxygens (including phenoxy) is 1. The largest absolute Gasteiger partial charge is 0.435 e. The standard InChI is InChI=1S/C17H19F3N2O2/c1-2-14(15-8-5-12(18)9-21-15)22-10-16(23)11-3-6-13(7-4-11)24-17(19)20/h3-9,14,16-17,22-23H,2,10H2,1H3. The molecule has 0 bridgehead atoms. The number of aliphatic hydroxyl groups excluding tert-OH is 1. The van der Waals surface area contributed by atoms with Crippen molar-refractivity contribution in [2.45, 2.75) is 32.1 Å². The van der Waals surface area contributed by atoms with Crippen molar-refractivity contribution in [1.29, 1.82) is 0 Å². The molecule has 1 heterocycles. The molecule has 24 heavy (non-hydrogen) atoms. The van der Waals surface area contributed by atoms with Crippen molar-refractivity contribution in [2.24, 2.45) is 0 Å². The van der Waals surface area contributed by atoms with Gasteiger partial charge in [-0.1, -0.05) is 19.1 Å². The first kappa shape index (κ1) is 18.2. The van der Waals surface area contributed by atoms with Gasteiger partial charge in [-0.15, -0.1) is 0 Å². The quantitative estimate of drug-likeness (QED) is 0.771. The molecule has 0 saturated carbocycles. The van der Waals surface area contributed by atoms with Crippen LogP contribution in [0, 0.1) is 5.82 Å². The molecule has 130 valence electrons. The van der Waals surface area contributed by atoms with Crippen LogP contribution >= 0.6 is 0 Å². The van der Waals surface area contributed by atoms with E-state index in [1.807, 2.05) is 6.92 Å². The fourth-order valence-corrected chi connectivity index (χ4v) is 2.29. The lowest BCUT2D eigenvalue weighted by Crippen LogP contribution is -2.26. The summed E-state index contributed by atoms with van der Waals surface area (Å²) in [6.07, 6.45) is 1.05. The number of hydrogen-bond acceptors (Lipinski definition) is 4. The molecule has 0 fully saturated rings. The van der Waals surface area contributed by atoms with Crippen molar-refractivity contribution >= 4 is 0 Å². The monoisotopic (exact) mass is 340 g/mol. The van der Waals surface area contributed by atoms with E-state index in [2.05, 4.69) is 15.0 Å². The van der Waals surface area contributed by atoms with Crippen molar-refractivity contribution in [3.8, 4) is 5.75 Å². The third-order valence-corrected chi connectivity index (χ3v) is 3.56. The molecule has 0 radical (unpaired) electrons. The van der Waals surface area contributed by atoms with Gasteiger partial charge in [0.05, 0.1) is 18.0 Å². The Morgan fingerprint density at radius 3 is 2.42 bits per heavy atom. The van der Waals surface area contributed by atoms with Gasteiger partial charge in [-0.2, -0.15) is 8.78 Å². The van der Waals surface area contributed by atoms with E-state index < -0.39 is 18.5 Å². The van der Waals surface area contributed by atoms with Crippen LogP contribution in [0.4, 0.5) is 13.2 Å². The second kappa shape index (κ2) is 8.65. The highest BCUT2D eigenvalue weighted by Crippen LogP contribution is 2.20. The fraction of sp³-hybridized carbons (Fsp3) is 0.353. The second-order valence-corrected chi connectivity index (χ2v) is 5.23. The van der Waals surface area contributed by atoms with Crippen molar-refractivity contribution < 1.29 is 23.0 Å². The Morgan fingerprint density at radius 2 is 1.88 bits per heavy atom. The van der Waals surface area contributed by atoms with Gasteiger partial charge in [-0.25, -0.2) is 4.39 Å². The predicted molar refractivity (Wildman–Crippen MR) is 83.3 cm³/mol. The van der Waals surface area contributed by atoms with E-state index in [9.17, 15) is 18.3 Å². The van der Waals surface area contributed by atoms with E-state index in [4.69, 9.17) is 0 Å². The van der Waals surface area contributed by atoms with Crippen LogP contribution in [-0.4, -0.2) is 23.2 Å². The highest BCUT2D eigenvalue weighted by atomic mass is 19.3. The zero-order chi connectivity index (χ0) is 17.5. The number of aromatic nitrogens is 1. The van der Waals surface area contributed by atoms with Crippen LogP contribution in [0.3, 0.4) is 0 Å². The summed E-state index contributed by atoms with van der Waals surface area (Å²) in [5.74, 6) is -0.365. The first-order valence-electron chi connectivity index (χ1n) is 7.57. The Hall–Kier alpha value is -2.12. The number of aliphatic hydroxyl groups is 1. The zero-order valence-corrected chi connectivity index (χ0v) is 13.1. The molecule has 2 N–H and O–H groups in total. The molecule has 0 amide bonds. The summed E-state index contributed by atoms with van der Waals surface area (Å²) < 4.78 is 41.4. The molecule has 1 aromatic heterocycles. The Kier molecular flexibility index (Phi) is 6.57. The minimum atomic E-state index is -2.88. The van der Waals surface area contributed by atoms with Crippen LogP contribution in [0.15, 0.2) is 42.6 Å². The van der Waals surface area contributed by atoms with Gasteiger partial charge in [-0.05, 0) is 36.2 Å². The molecule has 0 aliphatic rings. The lowest BCUT2D eigenvalue weighted by molar-refractivity contribution is -0.0498. The van der Waals surface area contributed by atoms with Crippen molar-refractivity contribution in [3.05, 3.63) is 59.7 Å². The van der Waals surface area contributed by atoms with Gasteiger partial charge >= 0.3 is 6.61 Å². The number of nitrogens with zero attached hydrogens (tertiary/aromatic N) is 1. The van der Waals surface area contributed by atoms with Crippen LogP contribution < -0.4 is 10.1 Å². The van der Waals surface area contributed by atoms with E-state index in [1.54, 1.807) is 6.07 Å². The number of benzene rings is 1. The van der Waals surface area contributed by atoms with Crippen LogP contribution in [-0.2, 0) is 0 Å². The maximum absolute atomic E-state index is 12.9. The number of nitrogens with one attached hydrogen (secondary N) is 1. The molecule has 0 saturated heterocycles. The molecule has 2 rings (SSSR count). The fourth-order valence-electron chi connectivity index (χ4n) is 2.29. The van der Waals surface area contributed by atoms with E-state index >= 15 is 0 Å². The summed E-state index contributed by atoms with van der Waals surface area (Å²) in [6, 6.07) is 8.63. The molecule has 4 nitrogen and oxygen atoms in total. The van der Waals surface area contributed by atoms with Crippen LogP contribution in [0.5, 0.6) is 5.75 Å². The van der Waals surface area contributed by atoms with Gasteiger partial charge in [0.2, 0.25) is 0 Å². The first-order chi connectivity index (χ1) is 11.5. The number of alkyl halides is 2. The average Bonchev–Trinajstić information content (AvgIpc) is 2.57. The van der Waals surface area contributed by atoms with E-state index in [0.29, 0.717) is 17.7 Å². The second-order valence-electron chi connectivity index (χ2n) is 5.23. The predicted octanol–water partition coefficient (Wildman–Crippen LogP) is 3.60. The molecule has 2 unspecified atom stereocenters. The average molecular weight is 340 g/mol. The molecule has 2 aromatic rings. The van der Waals surface area contributed by atoms with E-state index in [1.165, 1.54) is 30.3 Å². The number of hydrogen-bond donors (Lipinski definition) is 2. The minimum absolute atomic E-state index is 0.0378. The summed E-state index contributed by atoms with van der Waals surface area (Å²) in [5, 5.41) is 13.4. The SMILES string of the molecule is CCC(NCC(O)c1ccc(OC(F)F)cc1)c1ccc(F)cn1. The topological polar surface area (TPSA) is 54.4 Å². The van der Waals surface area contributed by atoms with Crippen LogP contribution in [0.1, 0.15) is 36.7 Å². The van der Waals surface area contributed by atoms with Crippen LogP contribution in [0.25, 0.3) is 0 Å². The smallest absolute Gasteiger partial charge is 0.387 e. The summed E-state index contributed by atoms with van der Waals surface area (Å²) in [7, 11) is 0. The van der Waals surface area contributed by atoms with Gasteiger partial charge < -0.3 is 15.2 Å². The summed E-state index contributed by atoms with van der Waals surface area (Å²) >= 11 is 0. The third-order valence-electron chi connectivity index (χ3n) is 3.56. The maximum atomic E-state index is 12.9. The van der Waals surface area contributed by atoms with Crippen molar-refractivity contribution in [1.82, 2.24) is 10.3 Å². The van der Waals surface area contributed by atoms with Gasteiger partial charge in [0, 0.05) is 12.6 Å². The maximum Gasteiger partial charge on any atom is 0.387 e. The lowest BCUT2D eigenvalue weighted by atomic mass is 10.1. The summed E-state index contributed by atoms with van der Waals surface area (Å²) in [5.41, 5.74) is 1.26. The molecule has 1 aromatic carbocycles. The van der Waals surface area contributed by atoms with Crippen LogP contribution in [0.2, 0.25) is 0 Å². The summed E-state index contributed by atoms with van der Waals surface area (Å²) in [4.78, 5) is 4.03. The molecule has 2 atom stereocenters. The van der Waals surface area contributed by atoms with Crippen molar-refractivity contribution in [3.63, 3.8) is 0 Å². The first-order valence-corrected chi connectivity index (χ1v) is 7.57. The lowest BCUT2D eigenvalue weighted by Gasteiger charge is -2.19. The van der Waals surface area contributed by atoms with E-state index in [-0.39, 0.29) is 18.3 Å². The van der Waals surface area contributed by atoms with Gasteiger partial charge in [0.15, 0.2) is 0 Å². The van der Waals surface area contributed by atoms with Crippen molar-refractivity contribution in [2.75, 3.05) is 6.54 Å². The zero-order valence-electron chi connectivity index (χ0n) is 13.1. The minimum Gasteiger partial charge on any atom is -0.435 e. The van der Waals surface area contributed by atoms with Gasteiger partial charge in [-0.3, -0.25) is 4.98 Å².